The van der Waals surface area contributed by atoms with Crippen molar-refractivity contribution >= 4 is 25.3 Å². The van der Waals surface area contributed by atoms with Crippen molar-refractivity contribution in [3.05, 3.63) is 83.6 Å². The van der Waals surface area contributed by atoms with Gasteiger partial charge in [-0.1, -0.05) is 79.8 Å². The molecule has 0 aromatic heterocycles. The van der Waals surface area contributed by atoms with Gasteiger partial charge >= 0.3 is 0 Å². The Morgan fingerprint density at radius 1 is 0.875 bits per heavy atom. The van der Waals surface area contributed by atoms with E-state index in [4.69, 9.17) is 21.7 Å². The molecular formula is C26H31N2O2PS. The standard InChI is InChI=1S/C26H31N2O2PS/c1-2-24(32)14-9-15-31-27-22(16-20-10-5-3-6-11-20)18-29-25(27)26-28(31)23(19-30-26)17-21-12-7-4-8-13-21/h3-8,10-13,22-23H,2,9,14-19H2,1H3/t22-,23-/m0/s1. The Morgan fingerprint density at radius 3 is 1.84 bits per heavy atom. The first kappa shape index (κ1) is 21.7. The minimum atomic E-state index is -0.550. The molecule has 4 nitrogen and oxygen atoms in total. The smallest absolute Gasteiger partial charge is 0.257 e. The predicted molar refractivity (Wildman–Crippen MR) is 134 cm³/mol. The van der Waals surface area contributed by atoms with Crippen LogP contribution in [0.5, 0.6) is 0 Å². The van der Waals surface area contributed by atoms with Gasteiger partial charge in [0.25, 0.3) is 11.8 Å². The third kappa shape index (κ3) is 4.38. The van der Waals surface area contributed by atoms with Crippen molar-refractivity contribution in [2.45, 2.75) is 51.1 Å². The van der Waals surface area contributed by atoms with Gasteiger partial charge in [0.05, 0.1) is 12.1 Å². The summed E-state index contributed by atoms with van der Waals surface area (Å²) < 4.78 is 17.7. The molecule has 0 N–H and O–H groups in total. The van der Waals surface area contributed by atoms with Crippen LogP contribution >= 0.6 is 20.4 Å². The van der Waals surface area contributed by atoms with E-state index in [1.807, 2.05) is 0 Å². The summed E-state index contributed by atoms with van der Waals surface area (Å²) in [6.07, 6.45) is 6.29. The monoisotopic (exact) mass is 466 g/mol. The van der Waals surface area contributed by atoms with E-state index in [0.29, 0.717) is 12.1 Å². The SMILES string of the molecule is CCC(=S)CCCP1N2C(=C3OC[C@H](Cc4ccccc4)N31)OC[C@@H]2Cc1ccccc1. The summed E-state index contributed by atoms with van der Waals surface area (Å²) in [7, 11) is -0.550. The highest BCUT2D eigenvalue weighted by Gasteiger charge is 2.53. The molecule has 168 valence electrons. The third-order valence-corrected chi connectivity index (χ3v) is 9.67. The van der Waals surface area contributed by atoms with Gasteiger partial charge in [0.1, 0.15) is 21.4 Å². The first-order chi connectivity index (χ1) is 15.7. The van der Waals surface area contributed by atoms with Crippen molar-refractivity contribution in [2.24, 2.45) is 0 Å². The van der Waals surface area contributed by atoms with Crippen LogP contribution < -0.4 is 0 Å². The molecule has 32 heavy (non-hydrogen) atoms. The van der Waals surface area contributed by atoms with Crippen LogP contribution in [0.1, 0.15) is 37.3 Å². The maximum absolute atomic E-state index is 6.28. The van der Waals surface area contributed by atoms with Crippen molar-refractivity contribution in [3.8, 4) is 0 Å². The summed E-state index contributed by atoms with van der Waals surface area (Å²) >= 11 is 5.52. The Kier molecular flexibility index (Phi) is 6.66. The molecule has 2 atom stereocenters. The molecule has 5 rings (SSSR count). The summed E-state index contributed by atoms with van der Waals surface area (Å²) in [6, 6.07) is 22.3. The second kappa shape index (κ2) is 9.80. The van der Waals surface area contributed by atoms with Crippen molar-refractivity contribution < 1.29 is 9.47 Å². The fourth-order valence-electron chi connectivity index (χ4n) is 4.84. The predicted octanol–water partition coefficient (Wildman–Crippen LogP) is 5.89. The van der Waals surface area contributed by atoms with Crippen LogP contribution in [0.15, 0.2) is 72.4 Å². The highest BCUT2D eigenvalue weighted by molar-refractivity contribution is 7.80. The maximum Gasteiger partial charge on any atom is 0.257 e. The molecule has 2 aromatic rings. The molecule has 0 radical (unpaired) electrons. The number of fused-ring (bicyclic) bond motifs is 2. The normalized spacial score (nSPS) is 22.0. The highest BCUT2D eigenvalue weighted by Crippen LogP contribution is 2.62. The lowest BCUT2D eigenvalue weighted by atomic mass is 10.1. The zero-order chi connectivity index (χ0) is 21.9. The van der Waals surface area contributed by atoms with Crippen LogP contribution in [-0.4, -0.2) is 45.7 Å². The molecule has 2 aromatic carbocycles. The van der Waals surface area contributed by atoms with Crippen LogP contribution in [0.4, 0.5) is 0 Å². The molecule has 0 bridgehead atoms. The van der Waals surface area contributed by atoms with Gasteiger partial charge < -0.3 is 9.47 Å². The van der Waals surface area contributed by atoms with Crippen molar-refractivity contribution in [2.75, 3.05) is 19.4 Å². The van der Waals surface area contributed by atoms with Crippen molar-refractivity contribution in [3.63, 3.8) is 0 Å². The lowest BCUT2D eigenvalue weighted by Gasteiger charge is -2.35. The number of hydrogen-bond acceptors (Lipinski definition) is 5. The average molecular weight is 467 g/mol. The minimum Gasteiger partial charge on any atom is -0.473 e. The number of ether oxygens (including phenoxy) is 2. The molecular weight excluding hydrogens is 435 g/mol. The largest absolute Gasteiger partial charge is 0.473 e. The fourth-order valence-corrected chi connectivity index (χ4v) is 7.82. The first-order valence-electron chi connectivity index (χ1n) is 11.7. The topological polar surface area (TPSA) is 24.9 Å². The van der Waals surface area contributed by atoms with E-state index in [2.05, 4.69) is 76.9 Å². The molecule has 0 spiro atoms. The van der Waals surface area contributed by atoms with Gasteiger partial charge in [-0.3, -0.25) is 9.34 Å². The Morgan fingerprint density at radius 2 is 1.38 bits per heavy atom. The number of benzene rings is 2. The quantitative estimate of drug-likeness (QED) is 0.339. The number of nitrogens with zero attached hydrogens (tertiary/aromatic N) is 2. The number of hydrogen-bond donors (Lipinski definition) is 0. The molecule has 3 heterocycles. The molecule has 0 unspecified atom stereocenters. The highest BCUT2D eigenvalue weighted by atomic mass is 32.1. The Bertz CT molecular complexity index is 901. The summed E-state index contributed by atoms with van der Waals surface area (Å²) in [5.41, 5.74) is 2.73. The van der Waals surface area contributed by atoms with Crippen molar-refractivity contribution in [1.29, 1.82) is 0 Å². The maximum atomic E-state index is 6.28. The van der Waals surface area contributed by atoms with Gasteiger partial charge in [0, 0.05) is 6.16 Å². The molecule has 2 fully saturated rings. The first-order valence-corrected chi connectivity index (χ1v) is 13.5. The number of rotatable bonds is 9. The molecule has 0 aliphatic carbocycles. The van der Waals surface area contributed by atoms with Crippen LogP contribution in [-0.2, 0) is 22.3 Å². The lowest BCUT2D eigenvalue weighted by molar-refractivity contribution is 0.189. The van der Waals surface area contributed by atoms with Gasteiger partial charge in [0.2, 0.25) is 0 Å². The Hall–Kier alpha value is -2.10. The summed E-state index contributed by atoms with van der Waals surface area (Å²) in [6.45, 7) is 3.64. The van der Waals surface area contributed by atoms with Crippen molar-refractivity contribution in [1.82, 2.24) is 9.34 Å². The lowest BCUT2D eigenvalue weighted by Crippen LogP contribution is -2.33. The molecule has 0 saturated carbocycles. The van der Waals surface area contributed by atoms with E-state index in [0.717, 1.165) is 63.2 Å². The van der Waals surface area contributed by atoms with Crippen LogP contribution in [0.2, 0.25) is 0 Å². The van der Waals surface area contributed by atoms with E-state index >= 15 is 0 Å². The van der Waals surface area contributed by atoms with Gasteiger partial charge in [-0.25, -0.2) is 0 Å². The Balaban J connectivity index is 1.38. The van der Waals surface area contributed by atoms with Gasteiger partial charge in [-0.15, -0.1) is 0 Å². The minimum absolute atomic E-state index is 0.357. The fraction of sp³-hybridized carbons (Fsp3) is 0.423. The second-order valence-electron chi connectivity index (χ2n) is 8.70. The van der Waals surface area contributed by atoms with Crippen LogP contribution in [0.3, 0.4) is 0 Å². The van der Waals surface area contributed by atoms with Gasteiger partial charge in [-0.2, -0.15) is 0 Å². The molecule has 3 aliphatic heterocycles. The van der Waals surface area contributed by atoms with E-state index in [-0.39, 0.29) is 0 Å². The van der Waals surface area contributed by atoms with E-state index in [1.165, 1.54) is 16.0 Å². The van der Waals surface area contributed by atoms with E-state index in [9.17, 15) is 0 Å². The summed E-state index contributed by atoms with van der Waals surface area (Å²) in [5, 5.41) is 0. The summed E-state index contributed by atoms with van der Waals surface area (Å²) in [4.78, 5) is 1.18. The van der Waals surface area contributed by atoms with E-state index in [1.54, 1.807) is 0 Å². The van der Waals surface area contributed by atoms with Gasteiger partial charge in [-0.05, 0) is 48.1 Å². The molecule has 2 saturated heterocycles. The van der Waals surface area contributed by atoms with E-state index < -0.39 is 8.22 Å². The molecule has 3 aliphatic rings. The number of thiocarbonyl (C=S) groups is 1. The molecule has 6 heteroatoms. The third-order valence-electron chi connectivity index (χ3n) is 6.45. The van der Waals surface area contributed by atoms with Crippen LogP contribution in [0, 0.1) is 0 Å². The molecule has 0 amide bonds. The second-order valence-corrected chi connectivity index (χ2v) is 11.3. The zero-order valence-electron chi connectivity index (χ0n) is 18.7. The summed E-state index contributed by atoms with van der Waals surface area (Å²) in [5.74, 6) is 1.95. The van der Waals surface area contributed by atoms with Crippen LogP contribution in [0.25, 0.3) is 0 Å². The Labute approximate surface area is 198 Å². The van der Waals surface area contributed by atoms with Gasteiger partial charge in [0.15, 0.2) is 0 Å². The zero-order valence-corrected chi connectivity index (χ0v) is 20.4. The average Bonchev–Trinajstić information content (AvgIpc) is 3.49.